The maximum atomic E-state index is 16.2. The zero-order valence-corrected chi connectivity index (χ0v) is 19.5. The molecule has 170 valence electrons. The quantitative estimate of drug-likeness (QED) is 0.348. The van der Waals surface area contributed by atoms with E-state index in [9.17, 15) is 0 Å². The third-order valence-electron chi connectivity index (χ3n) is 7.02. The van der Waals surface area contributed by atoms with Crippen LogP contribution in [0, 0.1) is 11.6 Å². The summed E-state index contributed by atoms with van der Waals surface area (Å²) < 4.78 is 47.3. The first-order valence-corrected chi connectivity index (χ1v) is 13.1. The monoisotopic (exact) mass is 470 g/mol. The van der Waals surface area contributed by atoms with Crippen LogP contribution in [0.25, 0.3) is 0 Å². The summed E-state index contributed by atoms with van der Waals surface area (Å²) >= 11 is 0. The highest BCUT2D eigenvalue weighted by Gasteiger charge is 2.61. The summed E-state index contributed by atoms with van der Waals surface area (Å²) in [5, 5.41) is -1.81. The molecule has 0 heterocycles. The Morgan fingerprint density at radius 2 is 1.03 bits per heavy atom. The third kappa shape index (κ3) is 3.22. The fraction of sp³-hybridized carbons (Fsp3) is 0.133. The van der Waals surface area contributed by atoms with Crippen LogP contribution in [-0.4, -0.2) is 0 Å². The van der Waals surface area contributed by atoms with Gasteiger partial charge in [-0.25, -0.2) is 8.78 Å². The van der Waals surface area contributed by atoms with Crippen LogP contribution in [0.2, 0.25) is 0 Å². The Balaban J connectivity index is 1.94. The number of benzene rings is 3. The molecule has 0 saturated heterocycles. The van der Waals surface area contributed by atoms with Gasteiger partial charge in [0.05, 0.1) is 10.3 Å². The van der Waals surface area contributed by atoms with Crippen LogP contribution in [0.1, 0.15) is 24.0 Å². The van der Waals surface area contributed by atoms with E-state index in [1.54, 1.807) is 36.4 Å². The molecule has 3 aromatic carbocycles. The van der Waals surface area contributed by atoms with Gasteiger partial charge in [-0.05, 0) is 25.0 Å². The summed E-state index contributed by atoms with van der Waals surface area (Å²) in [6.07, 6.45) is 15.7. The molecule has 0 amide bonds. The van der Waals surface area contributed by atoms with Crippen molar-refractivity contribution in [3.63, 3.8) is 0 Å². The molecule has 0 aromatic heterocycles. The van der Waals surface area contributed by atoms with E-state index in [0.29, 0.717) is 29.3 Å². The molecule has 1 nitrogen and oxygen atoms in total. The number of halogens is 2. The van der Waals surface area contributed by atoms with Gasteiger partial charge in [-0.1, -0.05) is 115 Å². The lowest BCUT2D eigenvalue weighted by atomic mass is 9.89. The molecule has 0 saturated carbocycles. The highest BCUT2D eigenvalue weighted by molar-refractivity contribution is 7.74. The molecule has 0 aliphatic heterocycles. The van der Waals surface area contributed by atoms with E-state index in [4.69, 9.17) is 0 Å². The van der Waals surface area contributed by atoms with Crippen molar-refractivity contribution in [2.75, 3.05) is 0 Å². The fourth-order valence-electron chi connectivity index (χ4n) is 5.50. The molecule has 34 heavy (non-hydrogen) atoms. The van der Waals surface area contributed by atoms with Gasteiger partial charge < -0.3 is 4.57 Å². The lowest BCUT2D eigenvalue weighted by Crippen LogP contribution is -2.42. The Kier molecular flexibility index (Phi) is 5.83. The molecule has 2 aliphatic rings. The molecule has 0 radical (unpaired) electrons. The topological polar surface area (TPSA) is 17.1 Å². The molecule has 4 heteroatoms. The van der Waals surface area contributed by atoms with Gasteiger partial charge in [0.1, 0.15) is 18.8 Å². The predicted octanol–water partition coefficient (Wildman–Crippen LogP) is 7.78. The Morgan fingerprint density at radius 1 is 0.588 bits per heavy atom. The number of hydrogen-bond donors (Lipinski definition) is 0. The Bertz CT molecular complexity index is 1290. The fourth-order valence-corrected chi connectivity index (χ4v) is 10.1. The molecular formula is C30H25F2OP. The minimum atomic E-state index is -3.74. The smallest absolute Gasteiger partial charge is 0.143 e. The first-order valence-electron chi connectivity index (χ1n) is 11.4. The summed E-state index contributed by atoms with van der Waals surface area (Å²) in [5.74, 6) is -0.838. The van der Waals surface area contributed by atoms with E-state index in [2.05, 4.69) is 0 Å². The second-order valence-electron chi connectivity index (χ2n) is 8.74. The molecule has 0 N–H and O–H groups in total. The Hall–Kier alpha value is -3.29. The van der Waals surface area contributed by atoms with Crippen molar-refractivity contribution in [1.29, 1.82) is 0 Å². The van der Waals surface area contributed by atoms with E-state index in [1.165, 1.54) is 12.1 Å². The lowest BCUT2D eigenvalue weighted by Gasteiger charge is -2.50. The van der Waals surface area contributed by atoms with E-state index in [-0.39, 0.29) is 0 Å². The molecule has 2 unspecified atom stereocenters. The summed E-state index contributed by atoms with van der Waals surface area (Å²) in [5.41, 5.74) is 0.725. The largest absolute Gasteiger partial charge is 0.316 e. The van der Waals surface area contributed by atoms with Crippen LogP contribution >= 0.6 is 7.14 Å². The van der Waals surface area contributed by atoms with Crippen LogP contribution in [0.15, 0.2) is 127 Å². The van der Waals surface area contributed by atoms with Gasteiger partial charge in [-0.3, -0.25) is 0 Å². The minimum absolute atomic E-state index is 0.338. The molecule has 0 spiro atoms. The zero-order chi connectivity index (χ0) is 23.7. The first kappa shape index (κ1) is 22.5. The van der Waals surface area contributed by atoms with E-state index < -0.39 is 29.1 Å². The first-order chi connectivity index (χ1) is 16.6. The SMILES string of the molecule is O=P(c1ccccc1)(C1(c2ccccc2F)C=CC=CC1)C1(c2ccccc2F)C=CC=CC1. The molecule has 0 bridgehead atoms. The van der Waals surface area contributed by atoms with Gasteiger partial charge >= 0.3 is 0 Å². The summed E-state index contributed by atoms with van der Waals surface area (Å²) in [4.78, 5) is 0. The molecule has 0 fully saturated rings. The van der Waals surface area contributed by atoms with Crippen molar-refractivity contribution in [2.24, 2.45) is 0 Å². The Morgan fingerprint density at radius 3 is 1.44 bits per heavy atom. The normalized spacial score (nSPS) is 25.2. The second kappa shape index (κ2) is 8.81. The van der Waals surface area contributed by atoms with Crippen molar-refractivity contribution in [3.8, 4) is 0 Å². The van der Waals surface area contributed by atoms with Crippen molar-refractivity contribution < 1.29 is 13.3 Å². The number of rotatable bonds is 5. The van der Waals surface area contributed by atoms with Gasteiger partial charge in [0.15, 0.2) is 0 Å². The van der Waals surface area contributed by atoms with Crippen molar-refractivity contribution in [1.82, 2.24) is 0 Å². The van der Waals surface area contributed by atoms with Crippen LogP contribution in [0.5, 0.6) is 0 Å². The van der Waals surface area contributed by atoms with Gasteiger partial charge in [-0.2, -0.15) is 0 Å². The standard InChI is InChI=1S/C30H25F2OP/c31-27-18-8-6-16-25(27)29(20-10-2-11-21-29)34(33,24-14-4-1-5-15-24)30(22-12-3-13-23-30)26-17-7-9-19-28(26)32/h1-20,22H,21,23H2. The van der Waals surface area contributed by atoms with Crippen molar-refractivity contribution >= 4 is 12.4 Å². The van der Waals surface area contributed by atoms with Crippen LogP contribution in [0.4, 0.5) is 8.78 Å². The predicted molar refractivity (Wildman–Crippen MR) is 136 cm³/mol. The molecule has 3 aromatic rings. The molecule has 5 rings (SSSR count). The van der Waals surface area contributed by atoms with Crippen LogP contribution < -0.4 is 5.30 Å². The van der Waals surface area contributed by atoms with E-state index in [0.717, 1.165) is 0 Å². The number of hydrogen-bond acceptors (Lipinski definition) is 1. The lowest BCUT2D eigenvalue weighted by molar-refractivity contribution is 0.502. The summed E-state index contributed by atoms with van der Waals surface area (Å²) in [7, 11) is -3.74. The summed E-state index contributed by atoms with van der Waals surface area (Å²) in [6.45, 7) is 0. The maximum Gasteiger partial charge on any atom is 0.143 e. The van der Waals surface area contributed by atoms with E-state index in [1.807, 2.05) is 78.9 Å². The van der Waals surface area contributed by atoms with Crippen LogP contribution in [-0.2, 0) is 14.9 Å². The molecule has 2 atom stereocenters. The molecule has 2 aliphatic carbocycles. The van der Waals surface area contributed by atoms with Crippen molar-refractivity contribution in [3.05, 3.63) is 150 Å². The van der Waals surface area contributed by atoms with Crippen molar-refractivity contribution in [2.45, 2.75) is 23.2 Å². The molecular weight excluding hydrogens is 445 g/mol. The Labute approximate surface area is 199 Å². The van der Waals surface area contributed by atoms with Gasteiger partial charge in [0, 0.05) is 16.4 Å². The van der Waals surface area contributed by atoms with Gasteiger partial charge in [0.2, 0.25) is 0 Å². The van der Waals surface area contributed by atoms with Crippen LogP contribution in [0.3, 0.4) is 0 Å². The van der Waals surface area contributed by atoms with Gasteiger partial charge in [0.25, 0.3) is 0 Å². The van der Waals surface area contributed by atoms with Gasteiger partial charge in [-0.15, -0.1) is 0 Å². The summed E-state index contributed by atoms with van der Waals surface area (Å²) in [6, 6.07) is 22.3. The average molecular weight is 470 g/mol. The van der Waals surface area contributed by atoms with E-state index >= 15 is 13.3 Å². The zero-order valence-electron chi connectivity index (χ0n) is 18.6. The highest BCUT2D eigenvalue weighted by Crippen LogP contribution is 2.77. The average Bonchev–Trinajstić information content (AvgIpc) is 2.90. The number of allylic oxidation sites excluding steroid dienone is 8. The third-order valence-corrected chi connectivity index (χ3v) is 11.4. The minimum Gasteiger partial charge on any atom is -0.316 e. The highest BCUT2D eigenvalue weighted by atomic mass is 31.2. The second-order valence-corrected chi connectivity index (χ2v) is 12.1. The maximum absolute atomic E-state index is 16.2.